The third-order valence-corrected chi connectivity index (χ3v) is 5.84. The third kappa shape index (κ3) is 2.67. The van der Waals surface area contributed by atoms with Crippen LogP contribution in [0.4, 0.5) is 0 Å². The largest absolute Gasteiger partial charge is 0.293 e. The molecule has 0 radical (unpaired) electrons. The van der Waals surface area contributed by atoms with Crippen molar-refractivity contribution in [2.75, 3.05) is 0 Å². The average Bonchev–Trinajstić information content (AvgIpc) is 2.96. The highest BCUT2D eigenvalue weighted by Crippen LogP contribution is 2.29. The molecule has 1 aliphatic rings. The molecule has 1 aliphatic carbocycles. The maximum atomic E-state index is 12.3. The van der Waals surface area contributed by atoms with Crippen LogP contribution < -0.4 is 0 Å². The topological polar surface area (TPSA) is 17.1 Å². The molecule has 0 fully saturated rings. The van der Waals surface area contributed by atoms with E-state index in [1.165, 1.54) is 41.7 Å². The molecule has 0 unspecified atom stereocenters. The van der Waals surface area contributed by atoms with E-state index < -0.39 is 0 Å². The van der Waals surface area contributed by atoms with Gasteiger partial charge in [0.1, 0.15) is 0 Å². The number of ketones is 1. The Hall–Kier alpha value is -0.930. The van der Waals surface area contributed by atoms with Crippen LogP contribution in [-0.2, 0) is 19.3 Å². The number of halogens is 1. The van der Waals surface area contributed by atoms with Gasteiger partial charge in [0, 0.05) is 6.42 Å². The Morgan fingerprint density at radius 3 is 2.79 bits per heavy atom. The van der Waals surface area contributed by atoms with E-state index in [0.717, 1.165) is 19.8 Å². The Morgan fingerprint density at radius 2 is 2.05 bits per heavy atom. The third-order valence-electron chi connectivity index (χ3n) is 3.66. The van der Waals surface area contributed by atoms with Crippen molar-refractivity contribution in [1.29, 1.82) is 0 Å². The Labute approximate surface area is 125 Å². The fraction of sp³-hybridized carbons (Fsp3) is 0.312. The van der Waals surface area contributed by atoms with Crippen LogP contribution in [0.15, 0.2) is 28.1 Å². The minimum Gasteiger partial charge on any atom is -0.293 e. The monoisotopic (exact) mass is 334 g/mol. The molecule has 0 bridgehead atoms. The molecule has 98 valence electrons. The summed E-state index contributed by atoms with van der Waals surface area (Å²) >= 11 is 5.01. The molecule has 19 heavy (non-hydrogen) atoms. The lowest BCUT2D eigenvalue weighted by molar-refractivity contribution is 0.0997. The number of aryl methyl sites for hydroxylation is 3. The van der Waals surface area contributed by atoms with Gasteiger partial charge in [-0.2, -0.15) is 0 Å². The van der Waals surface area contributed by atoms with Gasteiger partial charge in [0.2, 0.25) is 0 Å². The first-order valence-electron chi connectivity index (χ1n) is 6.53. The second-order valence-corrected chi connectivity index (χ2v) is 7.49. The number of thiophene rings is 1. The zero-order valence-corrected chi connectivity index (χ0v) is 13.2. The van der Waals surface area contributed by atoms with E-state index in [4.69, 9.17) is 0 Å². The summed E-state index contributed by atoms with van der Waals surface area (Å²) in [6.07, 6.45) is 4.13. The standard InChI is InChI=1S/C16H15BrOS/c1-10-7-15(19-16(10)17)14(18)9-11-5-6-12-3-2-4-13(12)8-11/h5-8H,2-4,9H2,1H3. The molecule has 1 aromatic carbocycles. The quantitative estimate of drug-likeness (QED) is 0.741. The lowest BCUT2D eigenvalue weighted by Gasteiger charge is -2.03. The molecule has 0 N–H and O–H groups in total. The predicted octanol–water partition coefficient (Wildman–Crippen LogP) is 4.73. The summed E-state index contributed by atoms with van der Waals surface area (Å²) in [5.41, 5.74) is 5.19. The van der Waals surface area contributed by atoms with E-state index in [-0.39, 0.29) is 5.78 Å². The number of rotatable bonds is 3. The number of Topliss-reactive ketones (excluding diaryl/α,β-unsaturated/α-hetero) is 1. The predicted molar refractivity (Wildman–Crippen MR) is 83.3 cm³/mol. The summed E-state index contributed by atoms with van der Waals surface area (Å²) in [5, 5.41) is 0. The van der Waals surface area contributed by atoms with E-state index >= 15 is 0 Å². The molecule has 0 saturated heterocycles. The van der Waals surface area contributed by atoms with Crippen LogP contribution >= 0.6 is 27.3 Å². The molecule has 1 nitrogen and oxygen atoms in total. The molecule has 0 saturated carbocycles. The molecule has 1 heterocycles. The van der Waals surface area contributed by atoms with Crippen molar-refractivity contribution >= 4 is 33.0 Å². The van der Waals surface area contributed by atoms with E-state index in [1.807, 2.05) is 13.0 Å². The van der Waals surface area contributed by atoms with Gasteiger partial charge in [0.05, 0.1) is 8.66 Å². The van der Waals surface area contributed by atoms with Crippen LogP contribution in [0, 0.1) is 6.92 Å². The van der Waals surface area contributed by atoms with Crippen LogP contribution in [0.2, 0.25) is 0 Å². The second-order valence-electron chi connectivity index (χ2n) is 5.12. The van der Waals surface area contributed by atoms with Crippen LogP contribution in [0.25, 0.3) is 0 Å². The number of hydrogen-bond donors (Lipinski definition) is 0. The Balaban J connectivity index is 1.79. The Bertz CT molecular complexity index is 623. The van der Waals surface area contributed by atoms with Crippen LogP contribution in [0.1, 0.15) is 38.3 Å². The molecule has 1 aromatic heterocycles. The maximum absolute atomic E-state index is 12.3. The van der Waals surface area contributed by atoms with E-state index in [2.05, 4.69) is 34.1 Å². The number of fused-ring (bicyclic) bond motifs is 1. The molecule has 0 atom stereocenters. The van der Waals surface area contributed by atoms with E-state index in [0.29, 0.717) is 6.42 Å². The average molecular weight is 335 g/mol. The molecule has 0 amide bonds. The zero-order valence-electron chi connectivity index (χ0n) is 10.8. The first-order valence-corrected chi connectivity index (χ1v) is 8.14. The Kier molecular flexibility index (Phi) is 3.59. The van der Waals surface area contributed by atoms with E-state index in [1.54, 1.807) is 0 Å². The van der Waals surface area contributed by atoms with Gasteiger partial charge in [-0.1, -0.05) is 18.2 Å². The minimum atomic E-state index is 0.219. The second kappa shape index (κ2) is 5.22. The van der Waals surface area contributed by atoms with Gasteiger partial charge < -0.3 is 0 Å². The normalized spacial score (nSPS) is 13.6. The van der Waals surface area contributed by atoms with Crippen molar-refractivity contribution < 1.29 is 4.79 Å². The molecule has 2 aromatic rings. The number of carbonyl (C=O) groups is 1. The summed E-state index contributed by atoms with van der Waals surface area (Å²) in [6, 6.07) is 8.50. The lowest BCUT2D eigenvalue weighted by atomic mass is 10.0. The highest BCUT2D eigenvalue weighted by molar-refractivity contribution is 9.11. The van der Waals surface area contributed by atoms with Crippen molar-refractivity contribution in [2.45, 2.75) is 32.6 Å². The summed E-state index contributed by atoms with van der Waals surface area (Å²) in [5.74, 6) is 0.219. The lowest BCUT2D eigenvalue weighted by Crippen LogP contribution is -2.01. The number of benzene rings is 1. The van der Waals surface area contributed by atoms with Gasteiger partial charge in [-0.15, -0.1) is 11.3 Å². The van der Waals surface area contributed by atoms with Crippen LogP contribution in [0.3, 0.4) is 0 Å². The first-order chi connectivity index (χ1) is 9.13. The van der Waals surface area contributed by atoms with Crippen LogP contribution in [0.5, 0.6) is 0 Å². The van der Waals surface area contributed by atoms with Gasteiger partial charge in [0.15, 0.2) is 5.78 Å². The van der Waals surface area contributed by atoms with E-state index in [9.17, 15) is 4.79 Å². The number of hydrogen-bond acceptors (Lipinski definition) is 2. The van der Waals surface area contributed by atoms with Gasteiger partial charge >= 0.3 is 0 Å². The molecule has 3 heteroatoms. The minimum absolute atomic E-state index is 0.219. The maximum Gasteiger partial charge on any atom is 0.177 e. The van der Waals surface area contributed by atoms with Crippen molar-refractivity contribution in [3.05, 3.63) is 55.2 Å². The summed E-state index contributed by atoms with van der Waals surface area (Å²) in [4.78, 5) is 13.1. The summed E-state index contributed by atoms with van der Waals surface area (Å²) in [7, 11) is 0. The summed E-state index contributed by atoms with van der Waals surface area (Å²) < 4.78 is 1.06. The molecule has 3 rings (SSSR count). The van der Waals surface area contributed by atoms with Gasteiger partial charge in [-0.25, -0.2) is 0 Å². The summed E-state index contributed by atoms with van der Waals surface area (Å²) in [6.45, 7) is 2.02. The molecular weight excluding hydrogens is 320 g/mol. The van der Waals surface area contributed by atoms with Crippen molar-refractivity contribution in [3.63, 3.8) is 0 Å². The van der Waals surface area contributed by atoms with Gasteiger partial charge in [-0.05, 0) is 70.4 Å². The number of carbonyl (C=O) groups excluding carboxylic acids is 1. The Morgan fingerprint density at radius 1 is 1.26 bits per heavy atom. The smallest absolute Gasteiger partial charge is 0.177 e. The molecular formula is C16H15BrOS. The molecule has 0 spiro atoms. The first kappa shape index (κ1) is 13.1. The van der Waals surface area contributed by atoms with Crippen molar-refractivity contribution in [3.8, 4) is 0 Å². The SMILES string of the molecule is Cc1cc(C(=O)Cc2ccc3c(c2)CCC3)sc1Br. The zero-order chi connectivity index (χ0) is 13.4. The van der Waals surface area contributed by atoms with Crippen LogP contribution in [-0.4, -0.2) is 5.78 Å². The van der Waals surface area contributed by atoms with Crippen molar-refractivity contribution in [1.82, 2.24) is 0 Å². The van der Waals surface area contributed by atoms with Crippen molar-refractivity contribution in [2.24, 2.45) is 0 Å². The van der Waals surface area contributed by atoms with Gasteiger partial charge in [0.25, 0.3) is 0 Å². The van der Waals surface area contributed by atoms with Gasteiger partial charge in [-0.3, -0.25) is 4.79 Å². The highest BCUT2D eigenvalue weighted by Gasteiger charge is 2.15. The highest BCUT2D eigenvalue weighted by atomic mass is 79.9. The fourth-order valence-corrected chi connectivity index (χ4v) is 4.08. The fourth-order valence-electron chi connectivity index (χ4n) is 2.60. The molecule has 0 aliphatic heterocycles.